The van der Waals surface area contributed by atoms with Crippen LogP contribution in [0.5, 0.6) is 0 Å². The number of quaternary nitrogens is 2. The molecule has 42 heavy (non-hydrogen) atoms. The number of ether oxygens (including phenoxy) is 2. The van der Waals surface area contributed by atoms with Gasteiger partial charge in [0.05, 0.1) is 54.5 Å². The molecule has 250 valence electrons. The molecule has 0 heterocycles. The Labute approximate surface area is 257 Å². The third-order valence-corrected chi connectivity index (χ3v) is 8.31. The maximum Gasteiger partial charge on any atom is 0.225 e. The molecule has 10 nitrogen and oxygen atoms in total. The van der Waals surface area contributed by atoms with Gasteiger partial charge >= 0.3 is 0 Å². The molecule has 0 aromatic rings. The highest BCUT2D eigenvalue weighted by molar-refractivity contribution is 5.82. The average Bonchev–Trinajstić information content (AvgIpc) is 2.89. The Morgan fingerprint density at radius 1 is 0.667 bits per heavy atom. The van der Waals surface area contributed by atoms with Crippen LogP contribution < -0.4 is 10.6 Å². The van der Waals surface area contributed by atoms with Gasteiger partial charge in [-0.25, -0.2) is 0 Å². The van der Waals surface area contributed by atoms with Gasteiger partial charge in [0.2, 0.25) is 11.8 Å². The lowest BCUT2D eigenvalue weighted by molar-refractivity contribution is -0.893. The minimum atomic E-state index is -0.541. The molecule has 0 aromatic carbocycles. The zero-order valence-electron chi connectivity index (χ0n) is 28.9. The number of aliphatic hydroxyl groups excluding tert-OH is 2. The first-order valence-corrected chi connectivity index (χ1v) is 16.1. The fourth-order valence-electron chi connectivity index (χ4n) is 4.49. The van der Waals surface area contributed by atoms with Crippen LogP contribution in [0.1, 0.15) is 80.1 Å². The number of hydrogen-bond acceptors (Lipinski definition) is 6. The SMILES string of the molecule is CCC(C)(C)C(=O)NCCC[N+](C)(C)CC(O)COCCCCOCC(O)C[N+](C)(C)CCCNC(=O)C(C)(C)CC. The third-order valence-electron chi connectivity index (χ3n) is 8.31. The van der Waals surface area contributed by atoms with Crippen LogP contribution in [0.3, 0.4) is 0 Å². The molecule has 2 unspecified atom stereocenters. The summed E-state index contributed by atoms with van der Waals surface area (Å²) in [7, 11) is 8.34. The summed E-state index contributed by atoms with van der Waals surface area (Å²) in [5.41, 5.74) is -0.674. The van der Waals surface area contributed by atoms with Gasteiger partial charge in [0, 0.05) is 50.0 Å². The van der Waals surface area contributed by atoms with Crippen LogP contribution in [0.2, 0.25) is 0 Å². The monoisotopic (exact) mass is 605 g/mol. The number of amides is 2. The van der Waals surface area contributed by atoms with E-state index in [0.717, 1.165) is 51.6 Å². The van der Waals surface area contributed by atoms with Crippen LogP contribution >= 0.6 is 0 Å². The van der Waals surface area contributed by atoms with Gasteiger partial charge < -0.3 is 39.3 Å². The van der Waals surface area contributed by atoms with Gasteiger partial charge in [-0.15, -0.1) is 0 Å². The fraction of sp³-hybridized carbons (Fsp3) is 0.938. The highest BCUT2D eigenvalue weighted by atomic mass is 16.5. The second kappa shape index (κ2) is 19.9. The maximum atomic E-state index is 12.2. The molecule has 0 saturated heterocycles. The normalized spacial score (nSPS) is 14.5. The van der Waals surface area contributed by atoms with Crippen LogP contribution in [0.15, 0.2) is 0 Å². The van der Waals surface area contributed by atoms with Crippen molar-refractivity contribution in [2.75, 3.05) is 93.9 Å². The summed E-state index contributed by atoms with van der Waals surface area (Å²) < 4.78 is 12.7. The van der Waals surface area contributed by atoms with Gasteiger partial charge in [-0.3, -0.25) is 9.59 Å². The van der Waals surface area contributed by atoms with E-state index >= 15 is 0 Å². The Hall–Kier alpha value is -1.30. The van der Waals surface area contributed by atoms with E-state index < -0.39 is 12.2 Å². The van der Waals surface area contributed by atoms with E-state index in [2.05, 4.69) is 38.8 Å². The minimum Gasteiger partial charge on any atom is -0.385 e. The summed E-state index contributed by atoms with van der Waals surface area (Å²) in [6.07, 6.45) is 3.91. The van der Waals surface area contributed by atoms with E-state index in [1.54, 1.807) is 0 Å². The molecule has 10 heteroatoms. The average molecular weight is 605 g/mol. The Morgan fingerprint density at radius 3 is 1.31 bits per heavy atom. The van der Waals surface area contributed by atoms with Crippen molar-refractivity contribution in [1.29, 1.82) is 0 Å². The lowest BCUT2D eigenvalue weighted by atomic mass is 9.89. The first-order chi connectivity index (χ1) is 19.4. The second-order valence-corrected chi connectivity index (χ2v) is 14.5. The molecule has 0 fully saturated rings. The van der Waals surface area contributed by atoms with E-state index in [1.165, 1.54) is 0 Å². The molecular weight excluding hydrogens is 536 g/mol. The molecule has 0 saturated carbocycles. The number of carbonyl (C=O) groups is 2. The molecule has 0 aromatic heterocycles. The van der Waals surface area contributed by atoms with Gasteiger partial charge in [-0.05, 0) is 25.7 Å². The summed E-state index contributed by atoms with van der Waals surface area (Å²) >= 11 is 0. The maximum absolute atomic E-state index is 12.2. The Kier molecular flexibility index (Phi) is 19.3. The molecular formula is C32H68N4O6+2. The van der Waals surface area contributed by atoms with Gasteiger partial charge in [0.15, 0.2) is 0 Å². The fourth-order valence-corrected chi connectivity index (χ4v) is 4.49. The number of likely N-dealkylation sites (N-methyl/N-ethyl adjacent to an activating group) is 2. The highest BCUT2D eigenvalue weighted by Crippen LogP contribution is 2.20. The molecule has 0 aliphatic rings. The summed E-state index contributed by atoms with van der Waals surface area (Å²) in [6.45, 7) is 17.8. The highest BCUT2D eigenvalue weighted by Gasteiger charge is 2.27. The van der Waals surface area contributed by atoms with Crippen LogP contribution in [-0.2, 0) is 19.1 Å². The minimum absolute atomic E-state index is 0.0927. The van der Waals surface area contributed by atoms with Crippen molar-refractivity contribution < 1.29 is 38.2 Å². The van der Waals surface area contributed by atoms with Gasteiger partial charge in [0.1, 0.15) is 25.3 Å². The van der Waals surface area contributed by atoms with Crippen molar-refractivity contribution in [3.8, 4) is 0 Å². The van der Waals surface area contributed by atoms with Crippen LogP contribution in [0.25, 0.3) is 0 Å². The third kappa shape index (κ3) is 19.1. The van der Waals surface area contributed by atoms with Gasteiger partial charge in [0.25, 0.3) is 0 Å². The largest absolute Gasteiger partial charge is 0.385 e. The number of nitrogens with zero attached hydrogens (tertiary/aromatic N) is 2. The molecule has 0 rings (SSSR count). The van der Waals surface area contributed by atoms with Crippen LogP contribution in [0.4, 0.5) is 0 Å². The van der Waals surface area contributed by atoms with Crippen molar-refractivity contribution in [3.05, 3.63) is 0 Å². The van der Waals surface area contributed by atoms with Crippen LogP contribution in [-0.4, -0.2) is 137 Å². The van der Waals surface area contributed by atoms with Crippen molar-refractivity contribution >= 4 is 11.8 Å². The van der Waals surface area contributed by atoms with Crippen LogP contribution in [0, 0.1) is 10.8 Å². The Morgan fingerprint density at radius 2 is 1.00 bits per heavy atom. The predicted molar refractivity (Wildman–Crippen MR) is 170 cm³/mol. The van der Waals surface area contributed by atoms with Gasteiger partial charge in [-0.2, -0.15) is 0 Å². The van der Waals surface area contributed by atoms with Gasteiger partial charge in [-0.1, -0.05) is 41.5 Å². The molecule has 2 amide bonds. The lowest BCUT2D eigenvalue weighted by Gasteiger charge is -2.32. The number of unbranched alkanes of at least 4 members (excludes halogenated alkanes) is 1. The first-order valence-electron chi connectivity index (χ1n) is 16.1. The zero-order valence-corrected chi connectivity index (χ0v) is 28.9. The molecule has 2 atom stereocenters. The molecule has 0 aliphatic heterocycles. The molecule has 0 radical (unpaired) electrons. The van der Waals surface area contributed by atoms with Crippen molar-refractivity contribution in [2.45, 2.75) is 92.3 Å². The summed E-state index contributed by atoms with van der Waals surface area (Å²) in [6, 6.07) is 0. The zero-order chi connectivity index (χ0) is 32.5. The second-order valence-electron chi connectivity index (χ2n) is 14.5. The van der Waals surface area contributed by atoms with E-state index in [-0.39, 0.29) is 22.6 Å². The number of rotatable bonds is 25. The van der Waals surface area contributed by atoms with E-state index in [0.29, 0.717) is 61.6 Å². The summed E-state index contributed by atoms with van der Waals surface area (Å²) in [5.74, 6) is 0.185. The molecule has 0 bridgehead atoms. The van der Waals surface area contributed by atoms with Crippen molar-refractivity contribution in [3.63, 3.8) is 0 Å². The number of carbonyl (C=O) groups excluding carboxylic acids is 2. The smallest absolute Gasteiger partial charge is 0.225 e. The van der Waals surface area contributed by atoms with E-state index in [9.17, 15) is 19.8 Å². The topological polar surface area (TPSA) is 117 Å². The summed E-state index contributed by atoms with van der Waals surface area (Å²) in [5, 5.41) is 26.9. The Balaban J connectivity index is 3.92. The quantitative estimate of drug-likeness (QED) is 0.0941. The Bertz CT molecular complexity index is 695. The number of aliphatic hydroxyl groups is 2. The van der Waals surface area contributed by atoms with Crippen molar-refractivity contribution in [2.24, 2.45) is 10.8 Å². The molecule has 0 aliphatic carbocycles. The predicted octanol–water partition coefficient (Wildman–Crippen LogP) is 2.56. The van der Waals surface area contributed by atoms with Crippen molar-refractivity contribution in [1.82, 2.24) is 10.6 Å². The number of hydrogen-bond donors (Lipinski definition) is 4. The van der Waals surface area contributed by atoms with E-state index in [1.807, 2.05) is 41.5 Å². The molecule has 4 N–H and O–H groups in total. The lowest BCUT2D eigenvalue weighted by Crippen LogP contribution is -2.48. The summed E-state index contributed by atoms with van der Waals surface area (Å²) in [4.78, 5) is 24.4. The van der Waals surface area contributed by atoms with E-state index in [4.69, 9.17) is 9.47 Å². The molecule has 0 spiro atoms. The first kappa shape index (κ1) is 40.7. The number of nitrogens with one attached hydrogen (secondary N) is 2. The standard InChI is InChI=1S/C32H66N4O6/c1-11-31(3,4)29(39)33-17-15-19-35(7,8)23-27(37)25-41-21-13-14-22-42-26-28(38)24-36(9,10)20-16-18-34-30(40)32(5,6)12-2/h27-28,37-38H,11-26H2,1-10H3/p+2.